The molecule has 0 spiro atoms. The average Bonchev–Trinajstić information content (AvgIpc) is 3.07. The van der Waals surface area contributed by atoms with Crippen molar-refractivity contribution in [1.29, 1.82) is 0 Å². The lowest BCUT2D eigenvalue weighted by atomic mass is 9.99. The predicted molar refractivity (Wildman–Crippen MR) is 104 cm³/mol. The molecule has 0 aliphatic heterocycles. The number of nitrogens with two attached hydrogens (primary N) is 2. The maximum absolute atomic E-state index is 13.6. The van der Waals surface area contributed by atoms with Crippen molar-refractivity contribution in [3.05, 3.63) is 78.1 Å². The van der Waals surface area contributed by atoms with Gasteiger partial charge in [-0.1, -0.05) is 30.3 Å². The molecule has 0 unspecified atom stereocenters. The molecular formula is C21H15F3N4O. The van der Waals surface area contributed by atoms with Gasteiger partial charge in [0.05, 0.1) is 11.0 Å². The highest BCUT2D eigenvalue weighted by Crippen LogP contribution is 2.35. The summed E-state index contributed by atoms with van der Waals surface area (Å²) in [5.74, 6) is -1.62. The number of imidazole rings is 1. The number of hydrogen-bond donors (Lipinski definition) is 2. The van der Waals surface area contributed by atoms with Crippen LogP contribution in [-0.4, -0.2) is 15.5 Å². The minimum Gasteiger partial charge on any atom is -0.399 e. The Morgan fingerprint density at radius 1 is 0.966 bits per heavy atom. The van der Waals surface area contributed by atoms with Gasteiger partial charge in [0.1, 0.15) is 0 Å². The lowest BCUT2D eigenvalue weighted by molar-refractivity contribution is -0.145. The number of halogens is 3. The Morgan fingerprint density at radius 2 is 1.66 bits per heavy atom. The third-order valence-corrected chi connectivity index (χ3v) is 4.56. The molecule has 1 heterocycles. The largest absolute Gasteiger partial charge is 0.450 e. The summed E-state index contributed by atoms with van der Waals surface area (Å²) in [6.45, 7) is 0. The van der Waals surface area contributed by atoms with Crippen LogP contribution in [0.1, 0.15) is 16.2 Å². The maximum atomic E-state index is 13.6. The first-order valence-corrected chi connectivity index (χ1v) is 8.60. The van der Waals surface area contributed by atoms with Gasteiger partial charge in [-0.25, -0.2) is 4.98 Å². The number of aromatic nitrogens is 2. The minimum absolute atomic E-state index is 0.153. The number of rotatable bonds is 3. The van der Waals surface area contributed by atoms with E-state index in [1.54, 1.807) is 48.5 Å². The van der Waals surface area contributed by atoms with E-state index >= 15 is 0 Å². The highest BCUT2D eigenvalue weighted by Gasteiger charge is 2.38. The summed E-state index contributed by atoms with van der Waals surface area (Å²) in [5, 5.41) is 0. The van der Waals surface area contributed by atoms with Gasteiger partial charge in [-0.05, 0) is 47.5 Å². The lowest BCUT2D eigenvalue weighted by Crippen LogP contribution is -2.14. The Labute approximate surface area is 163 Å². The van der Waals surface area contributed by atoms with Gasteiger partial charge in [0.2, 0.25) is 11.7 Å². The molecule has 1 amide bonds. The summed E-state index contributed by atoms with van der Waals surface area (Å²) in [5.41, 5.74) is 13.7. The predicted octanol–water partition coefficient (Wildman–Crippen LogP) is 4.39. The molecule has 5 nitrogen and oxygen atoms in total. The summed E-state index contributed by atoms with van der Waals surface area (Å²) in [4.78, 5) is 15.4. The number of amides is 1. The summed E-state index contributed by atoms with van der Waals surface area (Å²) in [7, 11) is 0. The van der Waals surface area contributed by atoms with Crippen LogP contribution in [0.25, 0.3) is 27.8 Å². The highest BCUT2D eigenvalue weighted by molar-refractivity contribution is 5.99. The first-order chi connectivity index (χ1) is 13.8. The number of nitrogens with zero attached hydrogens (tertiary/aromatic N) is 2. The number of alkyl halides is 3. The molecule has 0 radical (unpaired) electrons. The van der Waals surface area contributed by atoms with Crippen LogP contribution in [0.5, 0.6) is 0 Å². The first-order valence-electron chi connectivity index (χ1n) is 8.60. The molecule has 0 saturated heterocycles. The van der Waals surface area contributed by atoms with Gasteiger partial charge in [-0.2, -0.15) is 13.2 Å². The average molecular weight is 396 g/mol. The quantitative estimate of drug-likeness (QED) is 0.504. The van der Waals surface area contributed by atoms with Crippen molar-refractivity contribution in [2.45, 2.75) is 6.18 Å². The first kappa shape index (κ1) is 18.5. The molecule has 0 atom stereocenters. The number of primary amides is 1. The van der Waals surface area contributed by atoms with E-state index in [0.29, 0.717) is 22.4 Å². The molecule has 0 fully saturated rings. The lowest BCUT2D eigenvalue weighted by Gasteiger charge is -2.13. The third kappa shape index (κ3) is 3.29. The molecule has 0 aliphatic carbocycles. The summed E-state index contributed by atoms with van der Waals surface area (Å²) < 4.78 is 41.8. The van der Waals surface area contributed by atoms with Gasteiger partial charge in [0.25, 0.3) is 0 Å². The van der Waals surface area contributed by atoms with Crippen molar-refractivity contribution < 1.29 is 18.0 Å². The van der Waals surface area contributed by atoms with Crippen LogP contribution < -0.4 is 11.5 Å². The van der Waals surface area contributed by atoms with Crippen molar-refractivity contribution in [1.82, 2.24) is 9.55 Å². The number of anilines is 1. The SMILES string of the molecule is NC(=O)c1ccccc1-c1ccc(-n2c(C(F)(F)F)nc3cc(N)ccc32)cc1. The Kier molecular flexibility index (Phi) is 4.26. The molecule has 0 aliphatic rings. The highest BCUT2D eigenvalue weighted by atomic mass is 19.4. The number of nitrogen functional groups attached to an aromatic ring is 1. The zero-order chi connectivity index (χ0) is 20.8. The number of carbonyl (C=O) groups is 1. The van der Waals surface area contributed by atoms with E-state index in [4.69, 9.17) is 11.5 Å². The summed E-state index contributed by atoms with van der Waals surface area (Å²) in [6.07, 6.45) is -4.65. The number of carbonyl (C=O) groups excluding carboxylic acids is 1. The fourth-order valence-electron chi connectivity index (χ4n) is 3.29. The minimum atomic E-state index is -4.65. The Hall–Kier alpha value is -3.81. The second kappa shape index (κ2) is 6.66. The second-order valence-electron chi connectivity index (χ2n) is 6.47. The van der Waals surface area contributed by atoms with Gasteiger partial charge in [-0.15, -0.1) is 0 Å². The summed E-state index contributed by atoms with van der Waals surface area (Å²) >= 11 is 0. The van der Waals surface area contributed by atoms with Crippen molar-refractivity contribution in [2.24, 2.45) is 5.73 Å². The molecule has 4 aromatic rings. The fourth-order valence-corrected chi connectivity index (χ4v) is 3.29. The monoisotopic (exact) mass is 396 g/mol. The van der Waals surface area contributed by atoms with Gasteiger partial charge in [0, 0.05) is 16.9 Å². The normalized spacial score (nSPS) is 11.7. The fraction of sp³-hybridized carbons (Fsp3) is 0.0476. The molecule has 1 aromatic heterocycles. The number of benzene rings is 3. The molecule has 29 heavy (non-hydrogen) atoms. The van der Waals surface area contributed by atoms with E-state index in [9.17, 15) is 18.0 Å². The van der Waals surface area contributed by atoms with Crippen LogP contribution in [0.4, 0.5) is 18.9 Å². The van der Waals surface area contributed by atoms with Crippen molar-refractivity contribution in [3.63, 3.8) is 0 Å². The molecule has 0 saturated carbocycles. The molecule has 0 bridgehead atoms. The van der Waals surface area contributed by atoms with Crippen LogP contribution in [0.15, 0.2) is 66.7 Å². The van der Waals surface area contributed by atoms with E-state index in [-0.39, 0.29) is 16.7 Å². The van der Waals surface area contributed by atoms with Crippen LogP contribution in [0.3, 0.4) is 0 Å². The summed E-state index contributed by atoms with van der Waals surface area (Å²) in [6, 6.07) is 17.6. The van der Waals surface area contributed by atoms with Crippen molar-refractivity contribution in [2.75, 3.05) is 5.73 Å². The molecular weight excluding hydrogens is 381 g/mol. The van der Waals surface area contributed by atoms with Crippen LogP contribution >= 0.6 is 0 Å². The van der Waals surface area contributed by atoms with Gasteiger partial charge in [-0.3, -0.25) is 9.36 Å². The molecule has 8 heteroatoms. The van der Waals surface area contributed by atoms with E-state index in [2.05, 4.69) is 4.98 Å². The third-order valence-electron chi connectivity index (χ3n) is 4.56. The maximum Gasteiger partial charge on any atom is 0.450 e. The Balaban J connectivity index is 1.87. The Morgan fingerprint density at radius 3 is 2.31 bits per heavy atom. The standard InChI is InChI=1S/C21H15F3N4O/c22-21(23,24)20-27-17-11-13(25)7-10-18(17)28(20)14-8-5-12(6-9-14)15-3-1-2-4-16(15)19(26)29/h1-11H,25H2,(H2,26,29). The zero-order valence-corrected chi connectivity index (χ0v) is 14.9. The zero-order valence-electron chi connectivity index (χ0n) is 14.9. The van der Waals surface area contributed by atoms with Crippen molar-refractivity contribution >= 4 is 22.6 Å². The van der Waals surface area contributed by atoms with Gasteiger partial charge in [0.15, 0.2) is 0 Å². The van der Waals surface area contributed by atoms with Crippen molar-refractivity contribution in [3.8, 4) is 16.8 Å². The van der Waals surface area contributed by atoms with Gasteiger partial charge < -0.3 is 11.5 Å². The van der Waals surface area contributed by atoms with Crippen LogP contribution in [0.2, 0.25) is 0 Å². The Bertz CT molecular complexity index is 1230. The second-order valence-corrected chi connectivity index (χ2v) is 6.47. The molecule has 4 rings (SSSR count). The van der Waals surface area contributed by atoms with E-state index in [0.717, 1.165) is 4.57 Å². The smallest absolute Gasteiger partial charge is 0.399 e. The molecule has 4 N–H and O–H groups in total. The van der Waals surface area contributed by atoms with E-state index in [1.165, 1.54) is 18.2 Å². The number of fused-ring (bicyclic) bond motifs is 1. The molecule has 3 aromatic carbocycles. The van der Waals surface area contributed by atoms with Gasteiger partial charge >= 0.3 is 6.18 Å². The molecule has 146 valence electrons. The van der Waals surface area contributed by atoms with E-state index in [1.807, 2.05) is 0 Å². The van der Waals surface area contributed by atoms with Crippen LogP contribution in [-0.2, 0) is 6.18 Å². The van der Waals surface area contributed by atoms with Crippen LogP contribution in [0, 0.1) is 0 Å². The topological polar surface area (TPSA) is 86.9 Å². The van der Waals surface area contributed by atoms with E-state index < -0.39 is 17.9 Å². The number of hydrogen-bond acceptors (Lipinski definition) is 3.